The van der Waals surface area contributed by atoms with Crippen molar-refractivity contribution >= 4 is 18.3 Å². The summed E-state index contributed by atoms with van der Waals surface area (Å²) >= 11 is 0. The quantitative estimate of drug-likeness (QED) is 0.700. The van der Waals surface area contributed by atoms with Gasteiger partial charge in [0.15, 0.2) is 0 Å². The summed E-state index contributed by atoms with van der Waals surface area (Å²) in [4.78, 5) is 11.2. The lowest BCUT2D eigenvalue weighted by Gasteiger charge is -2.23. The second kappa shape index (κ2) is 7.83. The number of carbonyl (C=O) groups is 1. The lowest BCUT2D eigenvalue weighted by Crippen LogP contribution is -2.45. The van der Waals surface area contributed by atoms with Gasteiger partial charge in [0.2, 0.25) is 5.91 Å². The minimum absolute atomic E-state index is 0. The smallest absolute Gasteiger partial charge is 0.243 e. The van der Waals surface area contributed by atoms with Gasteiger partial charge in [-0.25, -0.2) is 0 Å². The molecule has 1 fully saturated rings. The monoisotopic (exact) mass is 218 g/mol. The van der Waals surface area contributed by atoms with Crippen LogP contribution in [0.15, 0.2) is 12.2 Å². The van der Waals surface area contributed by atoms with E-state index in [1.807, 2.05) is 13.0 Å². The first-order chi connectivity index (χ1) is 6.33. The van der Waals surface area contributed by atoms with Crippen LogP contribution in [0.1, 0.15) is 26.2 Å². The third-order valence-corrected chi connectivity index (χ3v) is 2.15. The zero-order chi connectivity index (χ0) is 9.52. The average Bonchev–Trinajstić information content (AvgIpc) is 2.16. The second-order valence-electron chi connectivity index (χ2n) is 3.36. The van der Waals surface area contributed by atoms with E-state index >= 15 is 0 Å². The molecule has 82 valence electrons. The highest BCUT2D eigenvalue weighted by Crippen LogP contribution is 2.00. The lowest BCUT2D eigenvalue weighted by atomic mass is 10.1. The molecule has 0 aromatic carbocycles. The number of allylic oxidation sites excluding steroid dienone is 1. The maximum absolute atomic E-state index is 11.2. The van der Waals surface area contributed by atoms with E-state index in [0.29, 0.717) is 6.04 Å². The number of nitrogens with one attached hydrogen (secondary N) is 2. The summed E-state index contributed by atoms with van der Waals surface area (Å²) in [7, 11) is 0. The third-order valence-electron chi connectivity index (χ3n) is 2.15. The zero-order valence-corrected chi connectivity index (χ0v) is 9.40. The van der Waals surface area contributed by atoms with Gasteiger partial charge in [0.25, 0.3) is 0 Å². The van der Waals surface area contributed by atoms with E-state index in [9.17, 15) is 4.79 Å². The van der Waals surface area contributed by atoms with Crippen LogP contribution in [-0.4, -0.2) is 25.0 Å². The van der Waals surface area contributed by atoms with E-state index in [-0.39, 0.29) is 18.3 Å². The Bertz CT molecular complexity index is 189. The van der Waals surface area contributed by atoms with Crippen LogP contribution in [0.5, 0.6) is 0 Å². The molecule has 1 rings (SSSR count). The van der Waals surface area contributed by atoms with Crippen LogP contribution in [0, 0.1) is 0 Å². The van der Waals surface area contributed by atoms with Crippen molar-refractivity contribution in [3.05, 3.63) is 12.2 Å². The van der Waals surface area contributed by atoms with Crippen molar-refractivity contribution in [2.45, 2.75) is 32.2 Å². The topological polar surface area (TPSA) is 41.1 Å². The second-order valence-corrected chi connectivity index (χ2v) is 3.36. The number of hydrogen-bond donors (Lipinski definition) is 2. The van der Waals surface area contributed by atoms with Crippen molar-refractivity contribution in [3.63, 3.8) is 0 Å². The Morgan fingerprint density at radius 1 is 1.64 bits per heavy atom. The standard InChI is InChI=1S/C10H18N2O.ClH/c1-2-3-6-10(13)12-9-5-4-7-11-8-9;/h3,6,9,11H,2,4-5,7-8H2,1H3,(H,12,13);1H/b6-3+;. The fraction of sp³-hybridized carbons (Fsp3) is 0.700. The maximum Gasteiger partial charge on any atom is 0.243 e. The Hall–Kier alpha value is -0.540. The normalized spacial score (nSPS) is 21.6. The molecule has 0 aromatic rings. The number of rotatable bonds is 3. The fourth-order valence-electron chi connectivity index (χ4n) is 1.45. The van der Waals surface area contributed by atoms with E-state index in [4.69, 9.17) is 0 Å². The predicted molar refractivity (Wildman–Crippen MR) is 60.7 cm³/mol. The summed E-state index contributed by atoms with van der Waals surface area (Å²) in [6.07, 6.45) is 6.66. The Balaban J connectivity index is 0.00000169. The highest BCUT2D eigenvalue weighted by molar-refractivity contribution is 5.87. The van der Waals surface area contributed by atoms with Gasteiger partial charge >= 0.3 is 0 Å². The van der Waals surface area contributed by atoms with Crippen LogP contribution in [0.4, 0.5) is 0 Å². The fourth-order valence-corrected chi connectivity index (χ4v) is 1.45. The molecule has 1 amide bonds. The van der Waals surface area contributed by atoms with Crippen molar-refractivity contribution in [1.29, 1.82) is 0 Å². The largest absolute Gasteiger partial charge is 0.349 e. The minimum Gasteiger partial charge on any atom is -0.349 e. The summed E-state index contributed by atoms with van der Waals surface area (Å²) in [5.74, 6) is 0.0375. The average molecular weight is 219 g/mol. The van der Waals surface area contributed by atoms with Crippen molar-refractivity contribution in [1.82, 2.24) is 10.6 Å². The van der Waals surface area contributed by atoms with Gasteiger partial charge in [-0.2, -0.15) is 0 Å². The Kier molecular flexibility index (Phi) is 7.52. The molecule has 14 heavy (non-hydrogen) atoms. The van der Waals surface area contributed by atoms with Gasteiger partial charge in [-0.1, -0.05) is 13.0 Å². The summed E-state index contributed by atoms with van der Waals surface area (Å²) in [5, 5.41) is 6.22. The van der Waals surface area contributed by atoms with Gasteiger partial charge in [-0.15, -0.1) is 12.4 Å². The molecule has 0 radical (unpaired) electrons. The first-order valence-corrected chi connectivity index (χ1v) is 5.00. The minimum atomic E-state index is 0. The highest BCUT2D eigenvalue weighted by atomic mass is 35.5. The molecule has 1 aliphatic rings. The molecule has 1 aliphatic heterocycles. The molecule has 0 bridgehead atoms. The SMILES string of the molecule is CC/C=C/C(=O)NC1CCCNC1.Cl. The van der Waals surface area contributed by atoms with Gasteiger partial charge in [0.1, 0.15) is 0 Å². The highest BCUT2D eigenvalue weighted by Gasteiger charge is 2.13. The molecule has 0 aromatic heterocycles. The third kappa shape index (κ3) is 5.25. The molecular weight excluding hydrogens is 200 g/mol. The van der Waals surface area contributed by atoms with Crippen molar-refractivity contribution in [3.8, 4) is 0 Å². The zero-order valence-electron chi connectivity index (χ0n) is 8.58. The van der Waals surface area contributed by atoms with Crippen molar-refractivity contribution in [2.75, 3.05) is 13.1 Å². The van der Waals surface area contributed by atoms with Gasteiger partial charge in [-0.3, -0.25) is 4.79 Å². The van der Waals surface area contributed by atoms with Crippen LogP contribution in [0.3, 0.4) is 0 Å². The van der Waals surface area contributed by atoms with Crippen LogP contribution in [0.25, 0.3) is 0 Å². The molecule has 0 spiro atoms. The molecule has 0 saturated carbocycles. The number of hydrogen-bond acceptors (Lipinski definition) is 2. The number of piperidine rings is 1. The first kappa shape index (κ1) is 13.5. The molecule has 4 heteroatoms. The molecule has 3 nitrogen and oxygen atoms in total. The van der Waals surface area contributed by atoms with E-state index in [2.05, 4.69) is 10.6 Å². The summed E-state index contributed by atoms with van der Waals surface area (Å²) in [6.45, 7) is 4.01. The van der Waals surface area contributed by atoms with E-state index in [1.165, 1.54) is 0 Å². The number of halogens is 1. The molecule has 0 aliphatic carbocycles. The molecule has 1 atom stereocenters. The first-order valence-electron chi connectivity index (χ1n) is 5.00. The summed E-state index contributed by atoms with van der Waals surface area (Å²) in [5.41, 5.74) is 0. The maximum atomic E-state index is 11.2. The summed E-state index contributed by atoms with van der Waals surface area (Å²) in [6, 6.07) is 0.322. The van der Waals surface area contributed by atoms with E-state index in [1.54, 1.807) is 6.08 Å². The Morgan fingerprint density at radius 3 is 3.00 bits per heavy atom. The lowest BCUT2D eigenvalue weighted by molar-refractivity contribution is -0.117. The van der Waals surface area contributed by atoms with Crippen LogP contribution < -0.4 is 10.6 Å². The number of amides is 1. The Morgan fingerprint density at radius 2 is 2.43 bits per heavy atom. The molecule has 1 saturated heterocycles. The van der Waals surface area contributed by atoms with Crippen molar-refractivity contribution in [2.24, 2.45) is 0 Å². The molecule has 1 unspecified atom stereocenters. The van der Waals surface area contributed by atoms with Gasteiger partial charge in [-0.05, 0) is 31.9 Å². The predicted octanol–water partition coefficient (Wildman–Crippen LogP) is 1.24. The van der Waals surface area contributed by atoms with E-state index in [0.717, 1.165) is 32.4 Å². The van der Waals surface area contributed by atoms with Gasteiger partial charge < -0.3 is 10.6 Å². The van der Waals surface area contributed by atoms with Crippen LogP contribution in [0.2, 0.25) is 0 Å². The Labute approximate surface area is 91.7 Å². The number of carbonyl (C=O) groups excluding carboxylic acids is 1. The summed E-state index contributed by atoms with van der Waals surface area (Å²) < 4.78 is 0. The van der Waals surface area contributed by atoms with Gasteiger partial charge in [0.05, 0.1) is 0 Å². The van der Waals surface area contributed by atoms with E-state index < -0.39 is 0 Å². The van der Waals surface area contributed by atoms with Crippen LogP contribution >= 0.6 is 12.4 Å². The van der Waals surface area contributed by atoms with Crippen molar-refractivity contribution < 1.29 is 4.79 Å². The van der Waals surface area contributed by atoms with Gasteiger partial charge in [0, 0.05) is 12.6 Å². The molecule has 1 heterocycles. The molecular formula is C10H19ClN2O. The molecule has 2 N–H and O–H groups in total. The van der Waals surface area contributed by atoms with Crippen LogP contribution in [-0.2, 0) is 4.79 Å².